The number of hydrogen-bond acceptors (Lipinski definition) is 4. The number of guanidine groups is 1. The second kappa shape index (κ2) is 10.2. The fourth-order valence-electron chi connectivity index (χ4n) is 3.61. The highest BCUT2D eigenvalue weighted by Gasteiger charge is 2.32. The number of piperazine rings is 1. The van der Waals surface area contributed by atoms with Gasteiger partial charge in [0.05, 0.1) is 12.1 Å². The second-order valence-corrected chi connectivity index (χ2v) is 8.50. The highest BCUT2D eigenvalue weighted by atomic mass is 127. The molecule has 0 bridgehead atoms. The number of anilines is 1. The van der Waals surface area contributed by atoms with Crippen molar-refractivity contribution < 1.29 is 5.11 Å². The van der Waals surface area contributed by atoms with Crippen LogP contribution in [0.3, 0.4) is 0 Å². The molecule has 1 aromatic carbocycles. The van der Waals surface area contributed by atoms with E-state index in [1.807, 2.05) is 11.8 Å². The van der Waals surface area contributed by atoms with Gasteiger partial charge in [0.25, 0.3) is 0 Å². The smallest absolute Gasteiger partial charge is 0.194 e. The summed E-state index contributed by atoms with van der Waals surface area (Å²) in [5, 5.41) is 14.0. The summed E-state index contributed by atoms with van der Waals surface area (Å²) in [5.74, 6) is 2.78. The maximum Gasteiger partial charge on any atom is 0.194 e. The van der Waals surface area contributed by atoms with Gasteiger partial charge in [-0.25, -0.2) is 0 Å². The van der Waals surface area contributed by atoms with Crippen molar-refractivity contribution in [3.63, 3.8) is 0 Å². The zero-order valence-corrected chi connectivity index (χ0v) is 19.8. The molecule has 2 saturated heterocycles. The van der Waals surface area contributed by atoms with Crippen LogP contribution in [0.5, 0.6) is 0 Å². The summed E-state index contributed by atoms with van der Waals surface area (Å²) in [6.45, 7) is 11.7. The van der Waals surface area contributed by atoms with Crippen LogP contribution >= 0.6 is 35.7 Å². The minimum Gasteiger partial charge on any atom is -0.387 e. The van der Waals surface area contributed by atoms with Crippen LogP contribution in [0.25, 0.3) is 0 Å². The van der Waals surface area contributed by atoms with Gasteiger partial charge in [0.2, 0.25) is 0 Å². The lowest BCUT2D eigenvalue weighted by Gasteiger charge is -2.38. The van der Waals surface area contributed by atoms with Crippen molar-refractivity contribution in [2.24, 2.45) is 4.99 Å². The number of aliphatic hydroxyl groups is 1. The molecule has 2 N–H and O–H groups in total. The van der Waals surface area contributed by atoms with Crippen LogP contribution in [-0.2, 0) is 0 Å². The molecule has 2 aliphatic rings. The topological polar surface area (TPSA) is 51.1 Å². The van der Waals surface area contributed by atoms with Crippen molar-refractivity contribution in [3.05, 3.63) is 29.3 Å². The highest BCUT2D eigenvalue weighted by Crippen LogP contribution is 2.28. The van der Waals surface area contributed by atoms with E-state index in [-0.39, 0.29) is 24.0 Å². The number of halogens is 1. The summed E-state index contributed by atoms with van der Waals surface area (Å²) in [6, 6.07) is 6.55. The van der Waals surface area contributed by atoms with Crippen molar-refractivity contribution in [1.29, 1.82) is 0 Å². The Labute approximate surface area is 185 Å². The molecule has 27 heavy (non-hydrogen) atoms. The minimum atomic E-state index is -0.619. The van der Waals surface area contributed by atoms with Crippen molar-refractivity contribution >= 4 is 47.4 Å². The van der Waals surface area contributed by atoms with E-state index in [0.29, 0.717) is 6.54 Å². The Kier molecular flexibility index (Phi) is 8.55. The monoisotopic (exact) mass is 504 g/mol. The summed E-state index contributed by atoms with van der Waals surface area (Å²) >= 11 is 1.82. The van der Waals surface area contributed by atoms with E-state index in [1.54, 1.807) is 0 Å². The number of aliphatic imine (C=N–C) groups is 1. The molecule has 0 spiro atoms. The molecular weight excluding hydrogens is 471 g/mol. The van der Waals surface area contributed by atoms with Crippen LogP contribution in [0.2, 0.25) is 0 Å². The predicted molar refractivity (Wildman–Crippen MR) is 128 cm³/mol. The summed E-state index contributed by atoms with van der Waals surface area (Å²) < 4.78 is 0. The van der Waals surface area contributed by atoms with E-state index in [0.717, 1.165) is 56.6 Å². The standard InChI is InChI=1S/C20H32N4OS.HI/c1-4-21-19(22-14-20(25)8-13-26-15-20)24-11-9-23(10-12-24)18-7-5-6-16(2)17(18)3;/h5-7,25H,4,8-15H2,1-3H3,(H,21,22);1H. The van der Waals surface area contributed by atoms with Gasteiger partial charge in [-0.15, -0.1) is 24.0 Å². The van der Waals surface area contributed by atoms with Gasteiger partial charge in [0.15, 0.2) is 5.96 Å². The number of rotatable bonds is 4. The molecule has 152 valence electrons. The first-order valence-corrected chi connectivity index (χ1v) is 10.8. The van der Waals surface area contributed by atoms with Crippen LogP contribution in [0.1, 0.15) is 24.5 Å². The normalized spacial score (nSPS) is 23.3. The van der Waals surface area contributed by atoms with E-state index in [4.69, 9.17) is 4.99 Å². The quantitative estimate of drug-likeness (QED) is 0.375. The van der Waals surface area contributed by atoms with E-state index >= 15 is 0 Å². The van der Waals surface area contributed by atoms with Gasteiger partial charge in [-0.05, 0) is 50.1 Å². The Morgan fingerprint density at radius 1 is 1.26 bits per heavy atom. The first kappa shape index (κ1) is 22.6. The lowest BCUT2D eigenvalue weighted by molar-refractivity contribution is 0.0775. The molecule has 3 rings (SSSR count). The van der Waals surface area contributed by atoms with Crippen LogP contribution in [-0.4, -0.2) is 72.3 Å². The van der Waals surface area contributed by atoms with Gasteiger partial charge in [-0.3, -0.25) is 4.99 Å². The van der Waals surface area contributed by atoms with Crippen LogP contribution < -0.4 is 10.2 Å². The van der Waals surface area contributed by atoms with E-state index in [2.05, 4.69) is 54.1 Å². The maximum absolute atomic E-state index is 10.6. The molecule has 2 fully saturated rings. The third kappa shape index (κ3) is 5.67. The van der Waals surface area contributed by atoms with Crippen molar-refractivity contribution in [3.8, 4) is 0 Å². The third-order valence-corrected chi connectivity index (χ3v) is 6.67. The second-order valence-electron chi connectivity index (χ2n) is 7.39. The van der Waals surface area contributed by atoms with Crippen molar-refractivity contribution in [2.45, 2.75) is 32.8 Å². The van der Waals surface area contributed by atoms with E-state index < -0.39 is 5.60 Å². The third-order valence-electron chi connectivity index (χ3n) is 5.44. The number of nitrogens with one attached hydrogen (secondary N) is 1. The SMILES string of the molecule is CCNC(=NCC1(O)CCSC1)N1CCN(c2cccc(C)c2C)CC1.I. The average molecular weight is 504 g/mol. The predicted octanol–water partition coefficient (Wildman–Crippen LogP) is 2.88. The number of hydrogen-bond donors (Lipinski definition) is 2. The van der Waals surface area contributed by atoms with Crippen LogP contribution in [0, 0.1) is 13.8 Å². The fraction of sp³-hybridized carbons (Fsp3) is 0.650. The van der Waals surface area contributed by atoms with Crippen molar-refractivity contribution in [2.75, 3.05) is 55.7 Å². The molecule has 0 aromatic heterocycles. The Balaban J connectivity index is 0.00000261. The number of thioether (sulfide) groups is 1. The summed E-state index contributed by atoms with van der Waals surface area (Å²) in [7, 11) is 0. The lowest BCUT2D eigenvalue weighted by Crippen LogP contribution is -2.53. The van der Waals surface area contributed by atoms with Gasteiger partial charge >= 0.3 is 0 Å². The Hall–Kier alpha value is -0.670. The largest absolute Gasteiger partial charge is 0.387 e. The molecule has 0 amide bonds. The molecular formula is C20H33IN4OS. The minimum absolute atomic E-state index is 0. The molecule has 1 unspecified atom stereocenters. The molecule has 7 heteroatoms. The molecule has 5 nitrogen and oxygen atoms in total. The van der Waals surface area contributed by atoms with Gasteiger partial charge in [0, 0.05) is 44.2 Å². The van der Waals surface area contributed by atoms with Crippen molar-refractivity contribution in [1.82, 2.24) is 10.2 Å². The molecule has 1 atom stereocenters. The maximum atomic E-state index is 10.6. The van der Waals surface area contributed by atoms with Gasteiger partial charge in [-0.1, -0.05) is 12.1 Å². The molecule has 0 saturated carbocycles. The number of nitrogens with zero attached hydrogens (tertiary/aromatic N) is 3. The zero-order valence-electron chi connectivity index (χ0n) is 16.7. The molecule has 0 radical (unpaired) electrons. The Morgan fingerprint density at radius 2 is 2.00 bits per heavy atom. The molecule has 2 aliphatic heterocycles. The highest BCUT2D eigenvalue weighted by molar-refractivity contribution is 14.0. The lowest BCUT2D eigenvalue weighted by atomic mass is 10.0. The summed E-state index contributed by atoms with van der Waals surface area (Å²) in [6.07, 6.45) is 0.848. The van der Waals surface area contributed by atoms with E-state index in [1.165, 1.54) is 16.8 Å². The Morgan fingerprint density at radius 3 is 2.63 bits per heavy atom. The first-order valence-electron chi connectivity index (χ1n) is 9.67. The molecule has 1 aromatic rings. The van der Waals surface area contributed by atoms with Crippen LogP contribution in [0.4, 0.5) is 5.69 Å². The fourth-order valence-corrected chi connectivity index (χ4v) is 4.89. The Bertz CT molecular complexity index is 641. The summed E-state index contributed by atoms with van der Waals surface area (Å²) in [4.78, 5) is 9.58. The summed E-state index contributed by atoms with van der Waals surface area (Å²) in [5.41, 5.74) is 3.46. The van der Waals surface area contributed by atoms with Gasteiger partial charge in [0.1, 0.15) is 0 Å². The molecule has 2 heterocycles. The van der Waals surface area contributed by atoms with Gasteiger partial charge < -0.3 is 20.2 Å². The number of benzene rings is 1. The van der Waals surface area contributed by atoms with Crippen LogP contribution in [0.15, 0.2) is 23.2 Å². The zero-order chi connectivity index (χ0) is 18.6. The molecule has 0 aliphatic carbocycles. The van der Waals surface area contributed by atoms with E-state index in [9.17, 15) is 5.11 Å². The van der Waals surface area contributed by atoms with Gasteiger partial charge in [-0.2, -0.15) is 11.8 Å². The average Bonchev–Trinajstić information content (AvgIpc) is 3.08. The first-order chi connectivity index (χ1) is 12.5. The number of aryl methyl sites for hydroxylation is 1.